The highest BCUT2D eigenvalue weighted by Crippen LogP contribution is 2.22. The normalized spacial score (nSPS) is 24.7. The zero-order chi connectivity index (χ0) is 12.3. The minimum Gasteiger partial charge on any atom is -0.403 e. The molecule has 0 radical (unpaired) electrons. The first-order valence-electron chi connectivity index (χ1n) is 5.66. The Morgan fingerprint density at radius 2 is 2.47 bits per heavy atom. The van der Waals surface area contributed by atoms with E-state index < -0.39 is 0 Å². The molecular weight excluding hydrogens is 214 g/mol. The molecule has 0 spiro atoms. The third-order valence-corrected chi connectivity index (χ3v) is 2.78. The predicted molar refractivity (Wildman–Crippen MR) is 69.1 cm³/mol. The van der Waals surface area contributed by atoms with Gasteiger partial charge in [-0.25, -0.2) is 0 Å². The number of nitrogens with two attached hydrogens (primary N) is 1. The molecule has 4 heteroatoms. The van der Waals surface area contributed by atoms with Crippen LogP contribution >= 0.6 is 0 Å². The average molecular weight is 231 g/mol. The van der Waals surface area contributed by atoms with E-state index in [-0.39, 0.29) is 6.10 Å². The van der Waals surface area contributed by atoms with Gasteiger partial charge in [0.05, 0.1) is 18.3 Å². The smallest absolute Gasteiger partial charge is 0.0758 e. The number of aliphatic hydroxyl groups excluding tert-OH is 1. The van der Waals surface area contributed by atoms with Crippen LogP contribution < -0.4 is 5.73 Å². The van der Waals surface area contributed by atoms with Crippen molar-refractivity contribution in [1.29, 1.82) is 0 Å². The average Bonchev–Trinajstić information content (AvgIpc) is 2.33. The Balaban J connectivity index is 2.16. The lowest BCUT2D eigenvalue weighted by atomic mass is 10.0. The molecular formula is C13H17N3O. The summed E-state index contributed by atoms with van der Waals surface area (Å²) in [5.74, 6) is 0. The Labute approximate surface area is 101 Å². The fourth-order valence-electron chi connectivity index (χ4n) is 1.90. The molecule has 0 saturated heterocycles. The Hall–Kier alpha value is -1.81. The van der Waals surface area contributed by atoms with E-state index in [9.17, 15) is 5.11 Å². The maximum atomic E-state index is 9.41. The summed E-state index contributed by atoms with van der Waals surface area (Å²) in [5, 5.41) is 9.41. The van der Waals surface area contributed by atoms with Gasteiger partial charge in [-0.1, -0.05) is 18.2 Å². The Morgan fingerprint density at radius 1 is 1.65 bits per heavy atom. The number of nitrogens with zero attached hydrogens (tertiary/aromatic N) is 2. The van der Waals surface area contributed by atoms with Gasteiger partial charge >= 0.3 is 0 Å². The molecule has 0 aromatic heterocycles. The molecule has 1 aliphatic carbocycles. The van der Waals surface area contributed by atoms with Crippen molar-refractivity contribution in [2.45, 2.75) is 19.4 Å². The lowest BCUT2D eigenvalue weighted by Gasteiger charge is -2.27. The summed E-state index contributed by atoms with van der Waals surface area (Å²) in [6.45, 7) is 2.73. The summed E-state index contributed by atoms with van der Waals surface area (Å²) in [7, 11) is 0. The summed E-state index contributed by atoms with van der Waals surface area (Å²) < 4.78 is 0. The van der Waals surface area contributed by atoms with E-state index in [0.717, 1.165) is 23.5 Å². The summed E-state index contributed by atoms with van der Waals surface area (Å²) in [4.78, 5) is 6.25. The van der Waals surface area contributed by atoms with Crippen LogP contribution in [0.25, 0.3) is 0 Å². The first-order valence-corrected chi connectivity index (χ1v) is 5.66. The zero-order valence-corrected chi connectivity index (χ0v) is 9.87. The van der Waals surface area contributed by atoms with Gasteiger partial charge in [-0.3, -0.25) is 4.99 Å². The third kappa shape index (κ3) is 2.65. The zero-order valence-electron chi connectivity index (χ0n) is 9.87. The number of allylic oxidation sites excluding steroid dienone is 1. The van der Waals surface area contributed by atoms with Crippen molar-refractivity contribution in [2.75, 3.05) is 6.54 Å². The molecule has 2 rings (SSSR count). The highest BCUT2D eigenvalue weighted by atomic mass is 16.3. The van der Waals surface area contributed by atoms with Crippen molar-refractivity contribution in [3.05, 3.63) is 48.1 Å². The van der Waals surface area contributed by atoms with Crippen molar-refractivity contribution >= 4 is 5.71 Å². The van der Waals surface area contributed by atoms with E-state index in [0.29, 0.717) is 6.42 Å². The fourth-order valence-corrected chi connectivity index (χ4v) is 1.90. The topological polar surface area (TPSA) is 61.8 Å². The first kappa shape index (κ1) is 11.7. The molecule has 0 saturated carbocycles. The van der Waals surface area contributed by atoms with Gasteiger partial charge in [0.15, 0.2) is 0 Å². The van der Waals surface area contributed by atoms with Gasteiger partial charge in [0.25, 0.3) is 0 Å². The Morgan fingerprint density at radius 3 is 3.06 bits per heavy atom. The van der Waals surface area contributed by atoms with E-state index in [2.05, 4.69) is 9.89 Å². The summed E-state index contributed by atoms with van der Waals surface area (Å²) in [6.07, 6.45) is 11.2. The van der Waals surface area contributed by atoms with Gasteiger partial charge in [0.1, 0.15) is 0 Å². The fraction of sp³-hybridized carbons (Fsp3) is 0.308. The van der Waals surface area contributed by atoms with Gasteiger partial charge in [0, 0.05) is 24.3 Å². The van der Waals surface area contributed by atoms with Gasteiger partial charge in [-0.05, 0) is 18.9 Å². The highest BCUT2D eigenvalue weighted by Gasteiger charge is 2.15. The maximum Gasteiger partial charge on any atom is 0.0758 e. The van der Waals surface area contributed by atoms with E-state index in [1.807, 2.05) is 25.3 Å². The molecule has 0 amide bonds. The molecule has 4 nitrogen and oxygen atoms in total. The van der Waals surface area contributed by atoms with Crippen molar-refractivity contribution < 1.29 is 5.11 Å². The van der Waals surface area contributed by atoms with Crippen LogP contribution in [0.15, 0.2) is 53.1 Å². The second kappa shape index (κ2) is 5.01. The Kier molecular flexibility index (Phi) is 3.44. The second-order valence-electron chi connectivity index (χ2n) is 4.16. The predicted octanol–water partition coefficient (Wildman–Crippen LogP) is 1.28. The number of rotatable bonds is 2. The van der Waals surface area contributed by atoms with Gasteiger partial charge in [0.2, 0.25) is 0 Å². The molecule has 0 bridgehead atoms. The minimum atomic E-state index is -0.377. The number of aliphatic hydroxyl groups is 1. The molecule has 17 heavy (non-hydrogen) atoms. The molecule has 1 aliphatic heterocycles. The molecule has 1 atom stereocenters. The monoisotopic (exact) mass is 231 g/mol. The summed E-state index contributed by atoms with van der Waals surface area (Å²) >= 11 is 0. The lowest BCUT2D eigenvalue weighted by Crippen LogP contribution is -2.27. The van der Waals surface area contributed by atoms with Crippen molar-refractivity contribution in [3.63, 3.8) is 0 Å². The molecule has 0 aromatic rings. The van der Waals surface area contributed by atoms with Gasteiger partial charge in [-0.15, -0.1) is 0 Å². The van der Waals surface area contributed by atoms with Crippen LogP contribution in [0.1, 0.15) is 13.3 Å². The van der Waals surface area contributed by atoms with Crippen LogP contribution in [0.3, 0.4) is 0 Å². The highest BCUT2D eigenvalue weighted by molar-refractivity contribution is 5.85. The Bertz CT molecular complexity index is 444. The van der Waals surface area contributed by atoms with E-state index in [4.69, 9.17) is 5.73 Å². The minimum absolute atomic E-state index is 0.377. The third-order valence-electron chi connectivity index (χ3n) is 2.78. The molecule has 1 unspecified atom stereocenters. The van der Waals surface area contributed by atoms with Crippen LogP contribution in [0.5, 0.6) is 0 Å². The van der Waals surface area contributed by atoms with Crippen molar-refractivity contribution in [2.24, 2.45) is 10.7 Å². The largest absolute Gasteiger partial charge is 0.403 e. The van der Waals surface area contributed by atoms with Crippen molar-refractivity contribution in [1.82, 2.24) is 4.90 Å². The van der Waals surface area contributed by atoms with E-state index >= 15 is 0 Å². The molecule has 3 N–H and O–H groups in total. The van der Waals surface area contributed by atoms with Crippen LogP contribution in [0.2, 0.25) is 0 Å². The number of aliphatic imine (C=N–C) groups is 1. The second-order valence-corrected chi connectivity index (χ2v) is 4.16. The van der Waals surface area contributed by atoms with Gasteiger partial charge in [-0.2, -0.15) is 0 Å². The van der Waals surface area contributed by atoms with Crippen LogP contribution in [-0.4, -0.2) is 28.4 Å². The van der Waals surface area contributed by atoms with E-state index in [1.165, 1.54) is 0 Å². The van der Waals surface area contributed by atoms with Gasteiger partial charge < -0.3 is 15.7 Å². The first-order chi connectivity index (χ1) is 8.20. The van der Waals surface area contributed by atoms with Crippen molar-refractivity contribution in [3.8, 4) is 0 Å². The van der Waals surface area contributed by atoms with Crippen LogP contribution in [0, 0.1) is 0 Å². The molecule has 1 heterocycles. The molecule has 0 aromatic carbocycles. The van der Waals surface area contributed by atoms with Crippen LogP contribution in [-0.2, 0) is 0 Å². The molecule has 90 valence electrons. The maximum absolute atomic E-state index is 9.41. The number of hydrogen-bond acceptors (Lipinski definition) is 4. The number of hydrogen-bond donors (Lipinski definition) is 2. The van der Waals surface area contributed by atoms with Crippen LogP contribution in [0.4, 0.5) is 0 Å². The quantitative estimate of drug-likeness (QED) is 0.752. The molecule has 2 aliphatic rings. The molecule has 0 fully saturated rings. The summed E-state index contributed by atoms with van der Waals surface area (Å²) in [6, 6.07) is 0. The van der Waals surface area contributed by atoms with E-state index in [1.54, 1.807) is 18.5 Å². The lowest BCUT2D eigenvalue weighted by molar-refractivity contribution is 0.225. The summed E-state index contributed by atoms with van der Waals surface area (Å²) in [5.41, 5.74) is 8.73. The SMILES string of the molecule is CC1=NC=CN(/C(=C\N)C2=CCC(O)C=C2)C1. The standard InChI is InChI=1S/C13H17N3O/c1-10-9-16(7-6-15-10)13(8-14)11-2-4-12(17)5-3-11/h2-4,6-8,12,17H,5,9,14H2,1H3/b13-8-.